The number of hydrogen-bond donors (Lipinski definition) is 2. The Morgan fingerprint density at radius 3 is 2.09 bits per heavy atom. The topological polar surface area (TPSA) is 72.9 Å². The molecule has 0 bridgehead atoms. The number of benzene rings is 2. The van der Waals surface area contributed by atoms with Crippen molar-refractivity contribution in [3.63, 3.8) is 0 Å². The minimum absolute atomic E-state index is 0.0861. The summed E-state index contributed by atoms with van der Waals surface area (Å²) in [6.45, 7) is 4.51. The molecule has 0 spiro atoms. The first kappa shape index (κ1) is 25.6. The van der Waals surface area contributed by atoms with Crippen molar-refractivity contribution in [3.8, 4) is 0 Å². The lowest BCUT2D eigenvalue weighted by Gasteiger charge is -2.44. The molecule has 0 aliphatic carbocycles. The third-order valence-corrected chi connectivity index (χ3v) is 6.40. The second-order valence-electron chi connectivity index (χ2n) is 8.57. The minimum Gasteiger partial charge on any atom is -0.465 e. The minimum atomic E-state index is -4.31. The lowest BCUT2D eigenvalue weighted by molar-refractivity contribution is -0.149. The molecule has 6 nitrogen and oxygen atoms in total. The third-order valence-electron chi connectivity index (χ3n) is 6.40. The van der Waals surface area contributed by atoms with Gasteiger partial charge in [0.2, 0.25) is 0 Å². The van der Waals surface area contributed by atoms with Crippen molar-refractivity contribution < 1.29 is 27.9 Å². The van der Waals surface area contributed by atoms with Crippen LogP contribution < -0.4 is 5.32 Å². The van der Waals surface area contributed by atoms with Crippen LogP contribution in [0.1, 0.15) is 48.2 Å². The number of alkyl halides is 3. The van der Waals surface area contributed by atoms with E-state index in [9.17, 15) is 22.8 Å². The molecule has 2 aromatic carbocycles. The van der Waals surface area contributed by atoms with E-state index in [1.54, 1.807) is 41.3 Å². The molecule has 2 aromatic rings. The zero-order valence-electron chi connectivity index (χ0n) is 19.4. The number of rotatable bonds is 7. The first-order valence-corrected chi connectivity index (χ1v) is 11.4. The Hall–Kier alpha value is -3.07. The summed E-state index contributed by atoms with van der Waals surface area (Å²) in [7, 11) is 0. The normalized spacial score (nSPS) is 19.0. The molecular weight excluding hydrogens is 447 g/mol. The molecule has 3 rings (SSSR count). The van der Waals surface area contributed by atoms with Crippen LogP contribution in [0, 0.1) is 0 Å². The molecule has 0 radical (unpaired) electrons. The molecule has 34 heavy (non-hydrogen) atoms. The first-order valence-electron chi connectivity index (χ1n) is 11.4. The van der Waals surface area contributed by atoms with E-state index in [1.165, 1.54) is 4.90 Å². The second-order valence-corrected chi connectivity index (χ2v) is 8.57. The van der Waals surface area contributed by atoms with Gasteiger partial charge in [-0.15, -0.1) is 0 Å². The fraction of sp³-hybridized carbons (Fsp3) is 0.440. The molecule has 1 fully saturated rings. The maximum absolute atomic E-state index is 13.2. The summed E-state index contributed by atoms with van der Waals surface area (Å²) >= 11 is 0. The summed E-state index contributed by atoms with van der Waals surface area (Å²) in [5.74, 6) is -0.0861. The van der Waals surface area contributed by atoms with E-state index in [0.717, 1.165) is 11.1 Å². The Bertz CT molecular complexity index is 989. The van der Waals surface area contributed by atoms with Gasteiger partial charge in [0.15, 0.2) is 0 Å². The van der Waals surface area contributed by atoms with E-state index in [2.05, 4.69) is 5.32 Å². The highest BCUT2D eigenvalue weighted by Crippen LogP contribution is 2.41. The number of nitrogens with one attached hydrogen (secondary N) is 1. The van der Waals surface area contributed by atoms with Crippen molar-refractivity contribution in [2.75, 3.05) is 38.0 Å². The fourth-order valence-electron chi connectivity index (χ4n) is 4.79. The van der Waals surface area contributed by atoms with E-state index in [1.807, 2.05) is 26.0 Å². The zero-order valence-corrected chi connectivity index (χ0v) is 19.4. The number of anilines is 1. The summed E-state index contributed by atoms with van der Waals surface area (Å²) in [4.78, 5) is 26.8. The monoisotopic (exact) mass is 477 g/mol. The number of carbonyl (C=O) groups is 2. The van der Waals surface area contributed by atoms with Gasteiger partial charge < -0.3 is 10.0 Å². The maximum atomic E-state index is 13.2. The van der Waals surface area contributed by atoms with Crippen LogP contribution in [-0.4, -0.2) is 65.8 Å². The molecule has 0 saturated carbocycles. The van der Waals surface area contributed by atoms with Gasteiger partial charge in [0, 0.05) is 36.3 Å². The van der Waals surface area contributed by atoms with E-state index in [0.29, 0.717) is 43.7 Å². The van der Waals surface area contributed by atoms with Crippen LogP contribution in [0.3, 0.4) is 0 Å². The number of carbonyl (C=O) groups excluding carboxylic acids is 1. The molecule has 1 saturated heterocycles. The van der Waals surface area contributed by atoms with Gasteiger partial charge in [0.05, 0.1) is 6.54 Å². The lowest BCUT2D eigenvalue weighted by Crippen LogP contribution is -2.49. The van der Waals surface area contributed by atoms with Crippen molar-refractivity contribution in [1.82, 2.24) is 9.80 Å². The maximum Gasteiger partial charge on any atom is 0.409 e. The number of nitrogens with zero attached hydrogens (tertiary/aromatic N) is 2. The van der Waals surface area contributed by atoms with Gasteiger partial charge in [0.25, 0.3) is 5.91 Å². The Morgan fingerprint density at radius 2 is 1.59 bits per heavy atom. The second kappa shape index (κ2) is 10.5. The largest absolute Gasteiger partial charge is 0.465 e. The Morgan fingerprint density at radius 1 is 1.03 bits per heavy atom. The van der Waals surface area contributed by atoms with Gasteiger partial charge in [-0.2, -0.15) is 13.2 Å². The lowest BCUT2D eigenvalue weighted by atomic mass is 9.69. The summed E-state index contributed by atoms with van der Waals surface area (Å²) in [6.07, 6.45) is -4.29. The highest BCUT2D eigenvalue weighted by atomic mass is 19.4. The fourth-order valence-corrected chi connectivity index (χ4v) is 4.79. The van der Waals surface area contributed by atoms with Crippen LogP contribution in [0.2, 0.25) is 0 Å². The molecule has 9 heteroatoms. The van der Waals surface area contributed by atoms with E-state index in [-0.39, 0.29) is 12.5 Å². The van der Waals surface area contributed by atoms with Gasteiger partial charge in [-0.25, -0.2) is 4.79 Å². The Balaban J connectivity index is 2.00. The predicted octanol–water partition coefficient (Wildman–Crippen LogP) is 5.20. The number of hydrogen-bond acceptors (Lipinski definition) is 3. The average molecular weight is 478 g/mol. The SMILES string of the molecule is CCN(CC)C(=O)c1ccc(C2(c3ccc(NC(=O)O)cc3)CCCN(CC(F)(F)F)C2)cc1. The number of carboxylic acid groups (broad SMARTS) is 1. The van der Waals surface area contributed by atoms with Gasteiger partial charge >= 0.3 is 12.3 Å². The third kappa shape index (κ3) is 5.88. The molecule has 1 unspecified atom stereocenters. The molecule has 1 heterocycles. The predicted molar refractivity (Wildman–Crippen MR) is 124 cm³/mol. The van der Waals surface area contributed by atoms with Crippen molar-refractivity contribution in [2.45, 2.75) is 38.3 Å². The van der Waals surface area contributed by atoms with Crippen LogP contribution in [0.5, 0.6) is 0 Å². The quantitative estimate of drug-likeness (QED) is 0.575. The smallest absolute Gasteiger partial charge is 0.409 e. The van der Waals surface area contributed by atoms with Crippen molar-refractivity contribution in [1.29, 1.82) is 0 Å². The Kier molecular flexibility index (Phi) is 7.86. The summed E-state index contributed by atoms with van der Waals surface area (Å²) < 4.78 is 39.6. The van der Waals surface area contributed by atoms with E-state index < -0.39 is 24.2 Å². The number of likely N-dealkylation sites (tertiary alicyclic amines) is 1. The van der Waals surface area contributed by atoms with Crippen LogP contribution >= 0.6 is 0 Å². The van der Waals surface area contributed by atoms with Gasteiger partial charge in [-0.1, -0.05) is 24.3 Å². The Labute approximate surface area is 197 Å². The molecule has 1 aliphatic heterocycles. The van der Waals surface area contributed by atoms with Gasteiger partial charge in [-0.3, -0.25) is 15.0 Å². The highest BCUT2D eigenvalue weighted by Gasteiger charge is 2.42. The summed E-state index contributed by atoms with van der Waals surface area (Å²) in [6, 6.07) is 13.9. The number of halogens is 3. The zero-order chi connectivity index (χ0) is 24.9. The highest BCUT2D eigenvalue weighted by molar-refractivity contribution is 5.94. The van der Waals surface area contributed by atoms with Crippen LogP contribution in [-0.2, 0) is 5.41 Å². The van der Waals surface area contributed by atoms with Gasteiger partial charge in [0.1, 0.15) is 0 Å². The van der Waals surface area contributed by atoms with Crippen molar-refractivity contribution >= 4 is 17.7 Å². The average Bonchev–Trinajstić information content (AvgIpc) is 2.79. The van der Waals surface area contributed by atoms with Crippen LogP contribution in [0.15, 0.2) is 48.5 Å². The molecule has 184 valence electrons. The van der Waals surface area contributed by atoms with Crippen molar-refractivity contribution in [2.24, 2.45) is 0 Å². The van der Waals surface area contributed by atoms with E-state index in [4.69, 9.17) is 5.11 Å². The summed E-state index contributed by atoms with van der Waals surface area (Å²) in [5.41, 5.74) is 1.83. The molecule has 0 aromatic heterocycles. The molecule has 2 N–H and O–H groups in total. The summed E-state index contributed by atoms with van der Waals surface area (Å²) in [5, 5.41) is 11.2. The van der Waals surface area contributed by atoms with Crippen LogP contribution in [0.25, 0.3) is 0 Å². The number of amides is 2. The van der Waals surface area contributed by atoms with Crippen molar-refractivity contribution in [3.05, 3.63) is 65.2 Å². The van der Waals surface area contributed by atoms with Gasteiger partial charge in [-0.05, 0) is 68.6 Å². The van der Waals surface area contributed by atoms with Crippen LogP contribution in [0.4, 0.5) is 23.7 Å². The number of piperidine rings is 1. The van der Waals surface area contributed by atoms with E-state index >= 15 is 0 Å². The molecular formula is C25H30F3N3O3. The molecule has 1 aliphatic rings. The molecule has 1 atom stereocenters. The standard InChI is InChI=1S/C25H30F3N3O3/c1-3-31(4-2)22(32)18-6-8-19(9-7-18)24(14-5-15-30(16-24)17-25(26,27)28)20-10-12-21(13-11-20)29-23(33)34/h6-13,29H,3-5,14-17H2,1-2H3,(H,33,34). The first-order chi connectivity index (χ1) is 16.1. The molecule has 2 amide bonds.